The second-order valence-electron chi connectivity index (χ2n) is 8.93. The predicted molar refractivity (Wildman–Crippen MR) is 104 cm³/mol. The molecule has 0 atom stereocenters. The maximum atomic E-state index is 11.8. The molecule has 2 saturated carbocycles. The number of hydrogen-bond acceptors (Lipinski definition) is 3. The topological polar surface area (TPSA) is 67.4 Å². The summed E-state index contributed by atoms with van der Waals surface area (Å²) < 4.78 is 5.17. The molecule has 2 fully saturated rings. The van der Waals surface area contributed by atoms with Gasteiger partial charge in [0.25, 0.3) is 0 Å². The van der Waals surface area contributed by atoms with Crippen molar-refractivity contribution in [3.05, 3.63) is 0 Å². The Morgan fingerprint density at radius 3 is 1.69 bits per heavy atom. The SMILES string of the molecule is CC(C)OC(=O)NC1CCC(CC2CCC(NC(=O)C(C)C)CC2)CC1. The number of carbonyl (C=O) groups excluding carboxylic acids is 2. The van der Waals surface area contributed by atoms with Gasteiger partial charge in [-0.15, -0.1) is 0 Å². The normalized spacial score (nSPS) is 29.5. The minimum atomic E-state index is -0.273. The van der Waals surface area contributed by atoms with E-state index in [1.807, 2.05) is 27.7 Å². The van der Waals surface area contributed by atoms with Crippen molar-refractivity contribution in [1.82, 2.24) is 10.6 Å². The van der Waals surface area contributed by atoms with Crippen molar-refractivity contribution in [2.45, 2.75) is 104 Å². The number of hydrogen-bond donors (Lipinski definition) is 2. The van der Waals surface area contributed by atoms with E-state index in [0.29, 0.717) is 6.04 Å². The molecule has 0 aromatic carbocycles. The monoisotopic (exact) mass is 366 g/mol. The third-order valence-corrected chi connectivity index (χ3v) is 5.90. The van der Waals surface area contributed by atoms with Crippen LogP contribution in [0.3, 0.4) is 0 Å². The zero-order valence-electron chi connectivity index (χ0n) is 17.1. The molecule has 0 saturated heterocycles. The quantitative estimate of drug-likeness (QED) is 0.732. The lowest BCUT2D eigenvalue weighted by Crippen LogP contribution is -2.40. The minimum absolute atomic E-state index is 0.0632. The summed E-state index contributed by atoms with van der Waals surface area (Å²) in [6, 6.07) is 0.660. The average Bonchev–Trinajstić information content (AvgIpc) is 2.57. The van der Waals surface area contributed by atoms with Crippen LogP contribution in [0.2, 0.25) is 0 Å². The maximum Gasteiger partial charge on any atom is 0.407 e. The molecule has 2 N–H and O–H groups in total. The molecule has 0 radical (unpaired) electrons. The first kappa shape index (κ1) is 21.0. The van der Waals surface area contributed by atoms with E-state index in [4.69, 9.17) is 4.74 Å². The van der Waals surface area contributed by atoms with Gasteiger partial charge in [-0.3, -0.25) is 4.79 Å². The number of alkyl carbamates (subject to hydrolysis) is 1. The fourth-order valence-electron chi connectivity index (χ4n) is 4.34. The minimum Gasteiger partial charge on any atom is -0.447 e. The molecule has 150 valence electrons. The van der Waals surface area contributed by atoms with Gasteiger partial charge in [0.1, 0.15) is 0 Å². The second kappa shape index (κ2) is 10.2. The lowest BCUT2D eigenvalue weighted by Gasteiger charge is -2.34. The van der Waals surface area contributed by atoms with Crippen molar-refractivity contribution in [2.75, 3.05) is 0 Å². The summed E-state index contributed by atoms with van der Waals surface area (Å²) in [4.78, 5) is 23.5. The molecule has 2 amide bonds. The zero-order valence-corrected chi connectivity index (χ0v) is 17.1. The van der Waals surface area contributed by atoms with Crippen LogP contribution in [0, 0.1) is 17.8 Å². The molecule has 5 heteroatoms. The first-order valence-corrected chi connectivity index (χ1v) is 10.6. The Balaban J connectivity index is 1.61. The van der Waals surface area contributed by atoms with Crippen molar-refractivity contribution in [3.8, 4) is 0 Å². The summed E-state index contributed by atoms with van der Waals surface area (Å²) in [6.07, 6.45) is 10.2. The molecule has 0 heterocycles. The molecule has 0 spiro atoms. The van der Waals surface area contributed by atoms with Gasteiger partial charge in [-0.1, -0.05) is 13.8 Å². The van der Waals surface area contributed by atoms with E-state index < -0.39 is 0 Å². The van der Waals surface area contributed by atoms with E-state index in [0.717, 1.165) is 37.5 Å². The molecule has 2 rings (SSSR count). The Kier molecular flexibility index (Phi) is 8.23. The highest BCUT2D eigenvalue weighted by Gasteiger charge is 2.28. The molecule has 0 aromatic heterocycles. The lowest BCUT2D eigenvalue weighted by atomic mass is 9.75. The van der Waals surface area contributed by atoms with E-state index >= 15 is 0 Å². The average molecular weight is 367 g/mol. The third kappa shape index (κ3) is 7.16. The molecular formula is C21H38N2O3. The summed E-state index contributed by atoms with van der Waals surface area (Å²) >= 11 is 0. The summed E-state index contributed by atoms with van der Waals surface area (Å²) in [5, 5.41) is 6.19. The van der Waals surface area contributed by atoms with E-state index in [1.54, 1.807) is 0 Å². The van der Waals surface area contributed by atoms with Crippen LogP contribution in [0.15, 0.2) is 0 Å². The van der Waals surface area contributed by atoms with Crippen molar-refractivity contribution in [3.63, 3.8) is 0 Å². The van der Waals surface area contributed by atoms with E-state index in [2.05, 4.69) is 10.6 Å². The smallest absolute Gasteiger partial charge is 0.407 e. The lowest BCUT2D eigenvalue weighted by molar-refractivity contribution is -0.125. The molecule has 26 heavy (non-hydrogen) atoms. The van der Waals surface area contributed by atoms with Gasteiger partial charge in [0, 0.05) is 18.0 Å². The van der Waals surface area contributed by atoms with Crippen molar-refractivity contribution < 1.29 is 14.3 Å². The van der Waals surface area contributed by atoms with Gasteiger partial charge in [-0.25, -0.2) is 4.79 Å². The molecule has 0 bridgehead atoms. The fourth-order valence-corrected chi connectivity index (χ4v) is 4.34. The van der Waals surface area contributed by atoms with Gasteiger partial charge in [0.15, 0.2) is 0 Å². The van der Waals surface area contributed by atoms with Crippen molar-refractivity contribution in [2.24, 2.45) is 17.8 Å². The molecule has 0 unspecified atom stereocenters. The Labute approximate surface area is 159 Å². The fraction of sp³-hybridized carbons (Fsp3) is 0.905. The van der Waals surface area contributed by atoms with Crippen molar-refractivity contribution in [1.29, 1.82) is 0 Å². The summed E-state index contributed by atoms with van der Waals surface area (Å²) in [5.41, 5.74) is 0. The Morgan fingerprint density at radius 1 is 0.808 bits per heavy atom. The summed E-state index contributed by atoms with van der Waals surface area (Å²) in [6.45, 7) is 7.66. The van der Waals surface area contributed by atoms with Gasteiger partial charge in [-0.2, -0.15) is 0 Å². The van der Waals surface area contributed by atoms with E-state index in [9.17, 15) is 9.59 Å². The number of ether oxygens (including phenoxy) is 1. The number of nitrogens with one attached hydrogen (secondary N) is 2. The van der Waals surface area contributed by atoms with Crippen LogP contribution in [-0.2, 0) is 9.53 Å². The third-order valence-electron chi connectivity index (χ3n) is 5.90. The molecule has 0 aliphatic heterocycles. The van der Waals surface area contributed by atoms with Crippen LogP contribution in [-0.4, -0.2) is 30.2 Å². The highest BCUT2D eigenvalue weighted by molar-refractivity contribution is 5.78. The first-order valence-electron chi connectivity index (χ1n) is 10.6. The van der Waals surface area contributed by atoms with Crippen LogP contribution >= 0.6 is 0 Å². The van der Waals surface area contributed by atoms with E-state index in [1.165, 1.54) is 32.1 Å². The van der Waals surface area contributed by atoms with Crippen LogP contribution in [0.4, 0.5) is 4.79 Å². The highest BCUT2D eigenvalue weighted by Crippen LogP contribution is 2.35. The Hall–Kier alpha value is -1.26. The molecule has 2 aliphatic carbocycles. The van der Waals surface area contributed by atoms with Crippen molar-refractivity contribution >= 4 is 12.0 Å². The van der Waals surface area contributed by atoms with Crippen LogP contribution in [0.25, 0.3) is 0 Å². The summed E-state index contributed by atoms with van der Waals surface area (Å²) in [7, 11) is 0. The standard InChI is InChI=1S/C21H38N2O3/c1-14(2)20(24)22-18-9-5-16(6-10-18)13-17-7-11-19(12-8-17)23-21(25)26-15(3)4/h14-19H,5-13H2,1-4H3,(H,22,24)(H,23,25). The zero-order chi connectivity index (χ0) is 19.1. The number of amides is 2. The number of rotatable bonds is 6. The first-order chi connectivity index (χ1) is 12.3. The number of carbonyl (C=O) groups is 2. The molecule has 2 aliphatic rings. The molecule has 5 nitrogen and oxygen atoms in total. The molecular weight excluding hydrogens is 328 g/mol. The van der Waals surface area contributed by atoms with Crippen LogP contribution in [0.5, 0.6) is 0 Å². The van der Waals surface area contributed by atoms with Gasteiger partial charge >= 0.3 is 6.09 Å². The van der Waals surface area contributed by atoms with Crippen LogP contribution < -0.4 is 10.6 Å². The van der Waals surface area contributed by atoms with Gasteiger partial charge < -0.3 is 15.4 Å². The van der Waals surface area contributed by atoms with Gasteiger partial charge in [0.05, 0.1) is 6.10 Å². The highest BCUT2D eigenvalue weighted by atomic mass is 16.6. The maximum absolute atomic E-state index is 11.8. The van der Waals surface area contributed by atoms with Gasteiger partial charge in [0.2, 0.25) is 5.91 Å². The predicted octanol–water partition coefficient (Wildman–Crippen LogP) is 4.40. The Bertz CT molecular complexity index is 448. The van der Waals surface area contributed by atoms with Gasteiger partial charge in [-0.05, 0) is 83.5 Å². The van der Waals surface area contributed by atoms with E-state index in [-0.39, 0.29) is 30.1 Å². The van der Waals surface area contributed by atoms with Crippen LogP contribution in [0.1, 0.15) is 85.5 Å². The molecule has 0 aromatic rings. The summed E-state index contributed by atoms with van der Waals surface area (Å²) in [5.74, 6) is 1.87. The largest absolute Gasteiger partial charge is 0.447 e. The Morgan fingerprint density at radius 2 is 1.27 bits per heavy atom. The second-order valence-corrected chi connectivity index (χ2v) is 8.93.